The van der Waals surface area contributed by atoms with Gasteiger partial charge in [0.25, 0.3) is 0 Å². The third-order valence-electron chi connectivity index (χ3n) is 3.61. The molecule has 4 nitrogen and oxygen atoms in total. The number of aryl methyl sites for hydroxylation is 3. The molecular formula is C19H27Cl2FeN4PS. The third kappa shape index (κ3) is 8.61. The molecule has 0 aliphatic carbocycles. The topological polar surface area (TPSA) is 31.2 Å². The molecular weight excluding hydrogens is 474 g/mol. The predicted octanol–water partition coefficient (Wildman–Crippen LogP) is 6.57. The van der Waals surface area contributed by atoms with E-state index < -0.39 is 8.37 Å². The Morgan fingerprint density at radius 1 is 0.929 bits per heavy atom. The van der Waals surface area contributed by atoms with E-state index in [1.165, 1.54) is 16.7 Å². The van der Waals surface area contributed by atoms with Crippen molar-refractivity contribution in [2.24, 2.45) is 9.76 Å². The van der Waals surface area contributed by atoms with E-state index in [-0.39, 0.29) is 13.1 Å². The SMILES string of the molecule is Cc1cc(C)c(N=Cc2ccc(/C=N/P(N(C)C)N(C)C)s2)c(C)c1.[Cl][Fe][Cl]. The summed E-state index contributed by atoms with van der Waals surface area (Å²) in [4.78, 5) is 7.00. The molecule has 0 atom stereocenters. The van der Waals surface area contributed by atoms with Crippen LogP contribution in [0.2, 0.25) is 0 Å². The van der Waals surface area contributed by atoms with Crippen molar-refractivity contribution in [2.45, 2.75) is 20.8 Å². The number of hydrogen-bond acceptors (Lipinski definition) is 5. The summed E-state index contributed by atoms with van der Waals surface area (Å²) >= 11 is 1.90. The summed E-state index contributed by atoms with van der Waals surface area (Å²) in [6.45, 7) is 6.35. The standard InChI is InChI=1S/C19H27N4PS.2ClH.Fe/c1-14-10-15(2)19(16(3)11-14)20-12-17-8-9-18(25-17)13-21-24(22(4)5)23(6)7;;;/h8-13H,1-7H3;2*1H;/q;;;+2/p-2/b20-12?,21-13+;;;. The second kappa shape index (κ2) is 13.1. The fourth-order valence-electron chi connectivity index (χ4n) is 2.68. The van der Waals surface area contributed by atoms with Crippen LogP contribution in [0.4, 0.5) is 5.69 Å². The van der Waals surface area contributed by atoms with E-state index in [9.17, 15) is 0 Å². The Labute approximate surface area is 189 Å². The first-order chi connectivity index (χ1) is 13.2. The number of benzene rings is 1. The molecule has 0 radical (unpaired) electrons. The molecule has 9 heteroatoms. The van der Waals surface area contributed by atoms with Gasteiger partial charge in [0.1, 0.15) is 0 Å². The summed E-state index contributed by atoms with van der Waals surface area (Å²) in [5, 5.41) is 0. The number of rotatable bonds is 6. The van der Waals surface area contributed by atoms with Crippen LogP contribution >= 0.6 is 39.9 Å². The van der Waals surface area contributed by atoms with Gasteiger partial charge in [-0.25, -0.2) is 4.76 Å². The molecule has 0 aliphatic rings. The van der Waals surface area contributed by atoms with E-state index in [1.54, 1.807) is 11.3 Å². The van der Waals surface area contributed by atoms with Gasteiger partial charge < -0.3 is 0 Å². The zero-order chi connectivity index (χ0) is 21.3. The van der Waals surface area contributed by atoms with Crippen LogP contribution in [0.5, 0.6) is 0 Å². The molecule has 1 aromatic carbocycles. The van der Waals surface area contributed by atoms with E-state index >= 15 is 0 Å². The van der Waals surface area contributed by atoms with Crippen LogP contribution in [0.15, 0.2) is 34.0 Å². The summed E-state index contributed by atoms with van der Waals surface area (Å²) in [6, 6.07) is 8.55. The molecule has 0 amide bonds. The summed E-state index contributed by atoms with van der Waals surface area (Å²) < 4.78 is 9.01. The van der Waals surface area contributed by atoms with E-state index in [1.807, 2.05) is 12.4 Å². The zero-order valence-electron chi connectivity index (χ0n) is 17.2. The molecule has 0 bridgehead atoms. The second-order valence-corrected chi connectivity index (χ2v) is 11.8. The normalized spacial score (nSPS) is 12.0. The van der Waals surface area contributed by atoms with Crippen molar-refractivity contribution < 1.29 is 13.1 Å². The van der Waals surface area contributed by atoms with Crippen LogP contribution in [0, 0.1) is 20.8 Å². The molecule has 2 aromatic rings. The molecule has 0 N–H and O–H groups in total. The van der Waals surface area contributed by atoms with Crippen molar-refractivity contribution in [3.8, 4) is 0 Å². The second-order valence-electron chi connectivity index (χ2n) is 6.50. The molecule has 28 heavy (non-hydrogen) atoms. The zero-order valence-corrected chi connectivity index (χ0v) is 21.5. The Morgan fingerprint density at radius 3 is 1.86 bits per heavy atom. The maximum atomic E-state index is 4.76. The summed E-state index contributed by atoms with van der Waals surface area (Å²) in [5.74, 6) is 0. The Hall–Kier alpha value is -0.291. The maximum absolute atomic E-state index is 4.76. The minimum absolute atomic E-state index is 0.194. The van der Waals surface area contributed by atoms with Gasteiger partial charge >= 0.3 is 33.3 Å². The van der Waals surface area contributed by atoms with Crippen LogP contribution in [0.25, 0.3) is 0 Å². The van der Waals surface area contributed by atoms with E-state index in [2.05, 4.69) is 82.6 Å². The molecule has 0 unspecified atom stereocenters. The van der Waals surface area contributed by atoms with Gasteiger partial charge in [-0.15, -0.1) is 11.3 Å². The van der Waals surface area contributed by atoms with Crippen molar-refractivity contribution >= 4 is 58.0 Å². The van der Waals surface area contributed by atoms with Gasteiger partial charge in [0.2, 0.25) is 0 Å². The van der Waals surface area contributed by atoms with E-state index in [0.29, 0.717) is 0 Å². The van der Waals surface area contributed by atoms with Gasteiger partial charge in [-0.3, -0.25) is 14.3 Å². The predicted molar refractivity (Wildman–Crippen MR) is 126 cm³/mol. The van der Waals surface area contributed by atoms with Gasteiger partial charge in [-0.1, -0.05) is 17.7 Å². The summed E-state index contributed by atoms with van der Waals surface area (Å²) in [7, 11) is 17.1. The van der Waals surface area contributed by atoms with Gasteiger partial charge in [-0.05, 0) is 72.2 Å². The van der Waals surface area contributed by atoms with Gasteiger partial charge in [0.05, 0.1) is 5.69 Å². The van der Waals surface area contributed by atoms with Crippen LogP contribution in [-0.4, -0.2) is 50.0 Å². The first kappa shape index (κ1) is 25.7. The third-order valence-corrected chi connectivity index (χ3v) is 6.32. The number of hydrogen-bond donors (Lipinski definition) is 0. The monoisotopic (exact) mass is 500 g/mol. The fourth-order valence-corrected chi connectivity index (χ4v) is 4.87. The van der Waals surface area contributed by atoms with E-state index in [0.717, 1.165) is 15.4 Å². The molecule has 0 spiro atoms. The first-order valence-electron chi connectivity index (χ1n) is 8.45. The first-order valence-corrected chi connectivity index (χ1v) is 13.5. The molecule has 0 saturated carbocycles. The van der Waals surface area contributed by atoms with Gasteiger partial charge in [0, 0.05) is 22.2 Å². The summed E-state index contributed by atoms with van der Waals surface area (Å²) in [5.41, 5.74) is 4.78. The van der Waals surface area contributed by atoms with Crippen molar-refractivity contribution in [3.63, 3.8) is 0 Å². The van der Waals surface area contributed by atoms with Crippen molar-refractivity contribution in [3.05, 3.63) is 50.7 Å². The average Bonchev–Trinajstić information content (AvgIpc) is 3.02. The molecule has 156 valence electrons. The quantitative estimate of drug-likeness (QED) is 0.255. The van der Waals surface area contributed by atoms with Crippen molar-refractivity contribution in [1.82, 2.24) is 9.34 Å². The van der Waals surface area contributed by atoms with Crippen LogP contribution in [0.1, 0.15) is 26.4 Å². The Kier molecular flexibility index (Phi) is 12.0. The van der Waals surface area contributed by atoms with Crippen LogP contribution < -0.4 is 0 Å². The molecule has 1 heterocycles. The van der Waals surface area contributed by atoms with Crippen molar-refractivity contribution in [2.75, 3.05) is 28.2 Å². The Bertz CT molecular complexity index is 778. The number of nitrogens with zero attached hydrogens (tertiary/aromatic N) is 4. The fraction of sp³-hybridized carbons (Fsp3) is 0.368. The average molecular weight is 501 g/mol. The molecule has 0 saturated heterocycles. The van der Waals surface area contributed by atoms with Gasteiger partial charge in [-0.2, -0.15) is 0 Å². The van der Waals surface area contributed by atoms with Crippen molar-refractivity contribution in [1.29, 1.82) is 0 Å². The Balaban J connectivity index is 0.00000122. The molecule has 1 aromatic heterocycles. The number of halogens is 2. The molecule has 0 aliphatic heterocycles. The van der Waals surface area contributed by atoms with Crippen LogP contribution in [-0.2, 0) is 13.1 Å². The summed E-state index contributed by atoms with van der Waals surface area (Å²) in [6.07, 6.45) is 3.92. The number of aliphatic imine (C=N–C) groups is 1. The van der Waals surface area contributed by atoms with E-state index in [4.69, 9.17) is 30.0 Å². The number of thiophene rings is 1. The Morgan fingerprint density at radius 2 is 1.39 bits per heavy atom. The van der Waals surface area contributed by atoms with Crippen LogP contribution in [0.3, 0.4) is 0 Å². The van der Waals surface area contributed by atoms with Gasteiger partial charge in [0.15, 0.2) is 8.37 Å². The minimum atomic E-state index is -0.640. The molecule has 0 fully saturated rings. The molecule has 2 rings (SSSR count).